The third kappa shape index (κ3) is 0.604. The molecule has 3 fully saturated rings. The van der Waals surface area contributed by atoms with Gasteiger partial charge in [-0.05, 0) is 36.5 Å². The fraction of sp³-hybridized carbons (Fsp3) is 1.00. The molecule has 0 aromatic rings. The molecule has 3 aliphatic carbocycles. The van der Waals surface area contributed by atoms with Gasteiger partial charge in [0.05, 0.1) is 0 Å². The van der Waals surface area contributed by atoms with E-state index in [1.807, 2.05) is 0 Å². The van der Waals surface area contributed by atoms with Gasteiger partial charge in [-0.1, -0.05) is 0 Å². The Bertz CT molecular complexity index is 144. The van der Waals surface area contributed by atoms with E-state index < -0.39 is 0 Å². The second-order valence-corrected chi connectivity index (χ2v) is 5.02. The van der Waals surface area contributed by atoms with Gasteiger partial charge in [0.1, 0.15) is 0 Å². The SMILES string of the molecule is ClC1C2CC2C(Cl)C2CC12. The van der Waals surface area contributed by atoms with Gasteiger partial charge in [0.2, 0.25) is 0 Å². The number of hydrogen-bond acceptors (Lipinski definition) is 0. The first-order chi connectivity index (χ1) is 4.79. The largest absolute Gasteiger partial charge is 0.122 e. The van der Waals surface area contributed by atoms with Crippen molar-refractivity contribution < 1.29 is 0 Å². The Morgan fingerprint density at radius 1 is 0.700 bits per heavy atom. The first kappa shape index (κ1) is 6.14. The lowest BCUT2D eigenvalue weighted by Gasteiger charge is -2.18. The Hall–Kier alpha value is 0.580. The quantitative estimate of drug-likeness (QED) is 0.498. The second-order valence-electron chi connectivity index (χ2n) is 4.02. The molecule has 0 nitrogen and oxygen atoms in total. The molecule has 0 aromatic carbocycles. The summed E-state index contributed by atoms with van der Waals surface area (Å²) in [5.74, 6) is 3.20. The van der Waals surface area contributed by atoms with Crippen molar-refractivity contribution in [3.05, 3.63) is 0 Å². The topological polar surface area (TPSA) is 0 Å². The first-order valence-electron chi connectivity index (χ1n) is 4.07. The Morgan fingerprint density at radius 2 is 1.00 bits per heavy atom. The van der Waals surface area contributed by atoms with E-state index in [4.69, 9.17) is 23.2 Å². The molecule has 0 aliphatic heterocycles. The third-order valence-corrected chi connectivity index (χ3v) is 4.71. The van der Waals surface area contributed by atoms with E-state index in [1.54, 1.807) is 0 Å². The number of halogens is 2. The van der Waals surface area contributed by atoms with Crippen LogP contribution < -0.4 is 0 Å². The summed E-state index contributed by atoms with van der Waals surface area (Å²) in [6.45, 7) is 0. The Kier molecular flexibility index (Phi) is 1.02. The average molecular weight is 177 g/mol. The van der Waals surface area contributed by atoms with Crippen molar-refractivity contribution in [1.29, 1.82) is 0 Å². The maximum atomic E-state index is 6.21. The molecule has 0 radical (unpaired) electrons. The molecular weight excluding hydrogens is 167 g/mol. The predicted molar refractivity (Wildman–Crippen MR) is 42.5 cm³/mol. The van der Waals surface area contributed by atoms with Crippen LogP contribution in [-0.2, 0) is 0 Å². The van der Waals surface area contributed by atoms with Gasteiger partial charge in [-0.25, -0.2) is 0 Å². The molecule has 0 bridgehead atoms. The van der Waals surface area contributed by atoms with Crippen LogP contribution in [0.2, 0.25) is 0 Å². The summed E-state index contributed by atoms with van der Waals surface area (Å²) in [6, 6.07) is 0. The first-order valence-corrected chi connectivity index (χ1v) is 4.94. The fourth-order valence-corrected chi connectivity index (χ4v) is 3.73. The summed E-state index contributed by atoms with van der Waals surface area (Å²) in [5.41, 5.74) is 0. The molecule has 2 heteroatoms. The van der Waals surface area contributed by atoms with Crippen LogP contribution >= 0.6 is 23.2 Å². The smallest absolute Gasteiger partial charge is 0.0399 e. The highest BCUT2D eigenvalue weighted by molar-refractivity contribution is 6.24. The maximum Gasteiger partial charge on any atom is 0.0399 e. The van der Waals surface area contributed by atoms with Gasteiger partial charge >= 0.3 is 0 Å². The summed E-state index contributed by atoms with van der Waals surface area (Å²) in [6.07, 6.45) is 2.63. The van der Waals surface area contributed by atoms with Crippen molar-refractivity contribution in [3.8, 4) is 0 Å². The van der Waals surface area contributed by atoms with Crippen molar-refractivity contribution in [1.82, 2.24) is 0 Å². The van der Waals surface area contributed by atoms with E-state index in [1.165, 1.54) is 12.8 Å². The Morgan fingerprint density at radius 3 is 1.30 bits per heavy atom. The molecule has 10 heavy (non-hydrogen) atoms. The molecule has 4 unspecified atom stereocenters. The van der Waals surface area contributed by atoms with Crippen molar-refractivity contribution in [2.45, 2.75) is 23.6 Å². The van der Waals surface area contributed by atoms with Crippen molar-refractivity contribution in [3.63, 3.8) is 0 Å². The van der Waals surface area contributed by atoms with E-state index in [0.717, 1.165) is 23.7 Å². The van der Waals surface area contributed by atoms with Gasteiger partial charge in [-0.3, -0.25) is 0 Å². The zero-order valence-electron chi connectivity index (χ0n) is 5.63. The van der Waals surface area contributed by atoms with E-state index in [-0.39, 0.29) is 0 Å². The molecule has 56 valence electrons. The van der Waals surface area contributed by atoms with Crippen LogP contribution in [0.15, 0.2) is 0 Å². The monoisotopic (exact) mass is 176 g/mol. The second kappa shape index (κ2) is 1.67. The highest BCUT2D eigenvalue weighted by Crippen LogP contribution is 2.66. The fourth-order valence-electron chi connectivity index (χ4n) is 2.57. The van der Waals surface area contributed by atoms with Crippen LogP contribution in [0.1, 0.15) is 12.8 Å². The molecule has 0 N–H and O–H groups in total. The Labute approximate surface area is 70.9 Å². The van der Waals surface area contributed by atoms with Gasteiger partial charge in [0.15, 0.2) is 0 Å². The lowest BCUT2D eigenvalue weighted by molar-refractivity contribution is 0.471. The predicted octanol–water partition coefficient (Wildman–Crippen LogP) is 2.49. The van der Waals surface area contributed by atoms with Crippen molar-refractivity contribution in [2.75, 3.05) is 0 Å². The van der Waals surface area contributed by atoms with E-state index in [0.29, 0.717) is 10.8 Å². The van der Waals surface area contributed by atoms with E-state index >= 15 is 0 Å². The van der Waals surface area contributed by atoms with Crippen LogP contribution in [0.5, 0.6) is 0 Å². The van der Waals surface area contributed by atoms with Crippen LogP contribution in [0, 0.1) is 23.7 Å². The minimum absolute atomic E-state index is 0.491. The van der Waals surface area contributed by atoms with Crippen LogP contribution in [0.4, 0.5) is 0 Å². The summed E-state index contributed by atoms with van der Waals surface area (Å²) >= 11 is 12.4. The van der Waals surface area contributed by atoms with Gasteiger partial charge < -0.3 is 0 Å². The summed E-state index contributed by atoms with van der Waals surface area (Å²) in [7, 11) is 0. The van der Waals surface area contributed by atoms with Crippen molar-refractivity contribution >= 4 is 23.2 Å². The highest BCUT2D eigenvalue weighted by atomic mass is 35.5. The van der Waals surface area contributed by atoms with Gasteiger partial charge in [0.25, 0.3) is 0 Å². The lowest BCUT2D eigenvalue weighted by atomic mass is 10.00. The number of alkyl halides is 2. The molecule has 0 heterocycles. The molecule has 3 saturated carbocycles. The standard InChI is InChI=1S/C8H10Cl2/c9-7-3-1-4(3)8(10)6-2-5(6)7/h3-8H,1-2H2. The minimum Gasteiger partial charge on any atom is -0.122 e. The number of fused-ring (bicyclic) bond motifs is 2. The zero-order valence-corrected chi connectivity index (χ0v) is 7.15. The van der Waals surface area contributed by atoms with E-state index in [2.05, 4.69) is 0 Å². The molecule has 0 saturated heterocycles. The van der Waals surface area contributed by atoms with E-state index in [9.17, 15) is 0 Å². The van der Waals surface area contributed by atoms with Crippen molar-refractivity contribution in [2.24, 2.45) is 23.7 Å². The average Bonchev–Trinajstić information content (AvgIpc) is 2.77. The maximum absolute atomic E-state index is 6.21. The normalized spacial score (nSPS) is 70.2. The highest BCUT2D eigenvalue weighted by Gasteiger charge is 2.63. The number of rotatable bonds is 0. The Balaban J connectivity index is 1.88. The molecule has 0 spiro atoms. The molecular formula is C8H10Cl2. The third-order valence-electron chi connectivity index (χ3n) is 3.42. The number of hydrogen-bond donors (Lipinski definition) is 0. The van der Waals surface area contributed by atoms with Gasteiger partial charge in [-0.15, -0.1) is 23.2 Å². The lowest BCUT2D eigenvalue weighted by Crippen LogP contribution is -2.21. The van der Waals surface area contributed by atoms with Gasteiger partial charge in [-0.2, -0.15) is 0 Å². The molecule has 3 aliphatic rings. The van der Waals surface area contributed by atoms with Crippen LogP contribution in [0.25, 0.3) is 0 Å². The molecule has 3 rings (SSSR count). The minimum atomic E-state index is 0.491. The van der Waals surface area contributed by atoms with Crippen LogP contribution in [-0.4, -0.2) is 10.8 Å². The molecule has 0 aromatic heterocycles. The zero-order chi connectivity index (χ0) is 6.88. The van der Waals surface area contributed by atoms with Crippen LogP contribution in [0.3, 0.4) is 0 Å². The summed E-state index contributed by atoms with van der Waals surface area (Å²) in [5, 5.41) is 0.981. The molecule has 0 amide bonds. The van der Waals surface area contributed by atoms with Gasteiger partial charge in [0, 0.05) is 10.8 Å². The summed E-state index contributed by atoms with van der Waals surface area (Å²) in [4.78, 5) is 0. The molecule has 4 atom stereocenters. The summed E-state index contributed by atoms with van der Waals surface area (Å²) < 4.78 is 0.